The van der Waals surface area contributed by atoms with Crippen molar-refractivity contribution in [1.82, 2.24) is 9.80 Å². The molecule has 0 bridgehead atoms. The maximum atomic E-state index is 12.6. The predicted molar refractivity (Wildman–Crippen MR) is 113 cm³/mol. The van der Waals surface area contributed by atoms with Crippen molar-refractivity contribution in [1.29, 1.82) is 0 Å². The molecule has 3 aliphatic rings. The molecule has 2 heterocycles. The first kappa shape index (κ1) is 19.1. The van der Waals surface area contributed by atoms with E-state index in [1.807, 2.05) is 16.7 Å². The summed E-state index contributed by atoms with van der Waals surface area (Å²) >= 11 is 1.83. The van der Waals surface area contributed by atoms with E-state index < -0.39 is 0 Å². The largest absolute Gasteiger partial charge is 0.369 e. The Kier molecular flexibility index (Phi) is 6.25. The van der Waals surface area contributed by atoms with E-state index in [1.165, 1.54) is 18.5 Å². The second-order valence-electron chi connectivity index (χ2n) is 8.09. The number of carbonyl (C=O) groups is 1. The molecule has 1 atom stereocenters. The van der Waals surface area contributed by atoms with Gasteiger partial charge in [0.25, 0.3) is 0 Å². The summed E-state index contributed by atoms with van der Waals surface area (Å²) < 4.78 is 0. The van der Waals surface area contributed by atoms with Gasteiger partial charge in [-0.15, -0.1) is 11.8 Å². The summed E-state index contributed by atoms with van der Waals surface area (Å²) in [5, 5.41) is 0. The number of hydrogen-bond donors (Lipinski definition) is 1. The van der Waals surface area contributed by atoms with Gasteiger partial charge in [-0.25, -0.2) is 0 Å². The number of amides is 1. The van der Waals surface area contributed by atoms with E-state index in [-0.39, 0.29) is 11.9 Å². The number of nitrogens with zero attached hydrogens (tertiary/aromatic N) is 3. The third-order valence-corrected chi connectivity index (χ3v) is 7.52. The maximum absolute atomic E-state index is 12.6. The highest BCUT2D eigenvalue weighted by molar-refractivity contribution is 7.99. The minimum absolute atomic E-state index is 0.180. The highest BCUT2D eigenvalue weighted by atomic mass is 32.2. The molecular weight excluding hydrogens is 356 g/mol. The van der Waals surface area contributed by atoms with Gasteiger partial charge in [-0.3, -0.25) is 9.69 Å². The molecule has 1 aliphatic carbocycles. The Morgan fingerprint density at radius 1 is 1.00 bits per heavy atom. The third kappa shape index (κ3) is 4.44. The van der Waals surface area contributed by atoms with Crippen LogP contribution in [0.2, 0.25) is 0 Å². The molecule has 2 saturated heterocycles. The molecule has 6 heteroatoms. The van der Waals surface area contributed by atoms with Gasteiger partial charge in [0, 0.05) is 50.2 Å². The minimum atomic E-state index is -0.292. The normalized spacial score (nSPS) is 28.3. The van der Waals surface area contributed by atoms with Crippen molar-refractivity contribution in [2.24, 2.45) is 11.7 Å². The highest BCUT2D eigenvalue weighted by Crippen LogP contribution is 2.31. The topological polar surface area (TPSA) is 52.8 Å². The van der Waals surface area contributed by atoms with Gasteiger partial charge in [0.05, 0.1) is 11.9 Å². The third-order valence-electron chi connectivity index (χ3n) is 6.55. The standard InChI is InChI=1S/C21H32N4OS/c22-20(21(26)25-14-15-27-16-25)17-6-8-19(9-7-17)24-12-10-23(11-13-24)18-4-2-1-3-5-18/h1-5,17,19-20H,6-16,22H2/t17-,19-,20-/m0/s1. The lowest BCUT2D eigenvalue weighted by Gasteiger charge is -2.43. The summed E-state index contributed by atoms with van der Waals surface area (Å²) in [5.74, 6) is 2.43. The van der Waals surface area contributed by atoms with Crippen LogP contribution in [0.5, 0.6) is 0 Å². The van der Waals surface area contributed by atoms with Crippen molar-refractivity contribution in [3.8, 4) is 0 Å². The monoisotopic (exact) mass is 388 g/mol. The Morgan fingerprint density at radius 2 is 1.70 bits per heavy atom. The van der Waals surface area contributed by atoms with Crippen LogP contribution in [0.25, 0.3) is 0 Å². The second kappa shape index (κ2) is 8.84. The molecule has 1 aromatic carbocycles. The van der Waals surface area contributed by atoms with Crippen LogP contribution in [0.3, 0.4) is 0 Å². The van der Waals surface area contributed by atoms with Gasteiger partial charge in [0.15, 0.2) is 0 Å². The van der Waals surface area contributed by atoms with Gasteiger partial charge in [-0.05, 0) is 43.7 Å². The molecule has 1 saturated carbocycles. The van der Waals surface area contributed by atoms with Crippen LogP contribution in [0.15, 0.2) is 30.3 Å². The maximum Gasteiger partial charge on any atom is 0.240 e. The molecule has 5 nitrogen and oxygen atoms in total. The van der Waals surface area contributed by atoms with Gasteiger partial charge >= 0.3 is 0 Å². The molecule has 4 rings (SSSR count). The smallest absolute Gasteiger partial charge is 0.240 e. The number of benzene rings is 1. The fraction of sp³-hybridized carbons (Fsp3) is 0.667. The van der Waals surface area contributed by atoms with Crippen molar-refractivity contribution >= 4 is 23.4 Å². The molecule has 148 valence electrons. The molecule has 3 fully saturated rings. The molecule has 0 unspecified atom stereocenters. The molecule has 0 aromatic heterocycles. The van der Waals surface area contributed by atoms with E-state index in [9.17, 15) is 4.79 Å². The van der Waals surface area contributed by atoms with Gasteiger partial charge in [0.1, 0.15) is 0 Å². The van der Waals surface area contributed by atoms with E-state index in [0.29, 0.717) is 12.0 Å². The first-order valence-electron chi connectivity index (χ1n) is 10.4. The number of piperazine rings is 1. The van der Waals surface area contributed by atoms with Crippen molar-refractivity contribution < 1.29 is 4.79 Å². The van der Waals surface area contributed by atoms with Crippen LogP contribution in [0.1, 0.15) is 25.7 Å². The van der Waals surface area contributed by atoms with E-state index in [2.05, 4.69) is 40.1 Å². The van der Waals surface area contributed by atoms with Gasteiger partial charge < -0.3 is 15.5 Å². The average Bonchev–Trinajstić information content (AvgIpc) is 3.28. The van der Waals surface area contributed by atoms with Gasteiger partial charge in [-0.2, -0.15) is 0 Å². The Balaban J connectivity index is 1.23. The number of hydrogen-bond acceptors (Lipinski definition) is 5. The summed E-state index contributed by atoms with van der Waals surface area (Å²) in [6.07, 6.45) is 4.56. The lowest BCUT2D eigenvalue weighted by atomic mass is 9.80. The number of rotatable bonds is 4. The highest BCUT2D eigenvalue weighted by Gasteiger charge is 2.35. The Morgan fingerprint density at radius 3 is 2.33 bits per heavy atom. The fourth-order valence-electron chi connectivity index (χ4n) is 4.81. The predicted octanol–water partition coefficient (Wildman–Crippen LogP) is 2.23. The van der Waals surface area contributed by atoms with Crippen LogP contribution >= 0.6 is 11.8 Å². The average molecular weight is 389 g/mol. The first-order valence-corrected chi connectivity index (χ1v) is 11.5. The molecule has 2 aliphatic heterocycles. The number of para-hydroxylation sites is 1. The molecular formula is C21H32N4OS. The number of thioether (sulfide) groups is 1. The second-order valence-corrected chi connectivity index (χ2v) is 9.17. The molecule has 27 heavy (non-hydrogen) atoms. The van der Waals surface area contributed by atoms with E-state index in [0.717, 1.165) is 57.2 Å². The minimum Gasteiger partial charge on any atom is -0.369 e. The van der Waals surface area contributed by atoms with Crippen molar-refractivity contribution in [2.45, 2.75) is 37.8 Å². The molecule has 0 spiro atoms. The van der Waals surface area contributed by atoms with E-state index in [1.54, 1.807) is 0 Å². The van der Waals surface area contributed by atoms with Crippen molar-refractivity contribution in [3.05, 3.63) is 30.3 Å². The van der Waals surface area contributed by atoms with Crippen LogP contribution in [-0.2, 0) is 4.79 Å². The van der Waals surface area contributed by atoms with Crippen LogP contribution < -0.4 is 10.6 Å². The lowest BCUT2D eigenvalue weighted by Crippen LogP contribution is -2.53. The van der Waals surface area contributed by atoms with Crippen LogP contribution in [-0.4, -0.2) is 72.1 Å². The van der Waals surface area contributed by atoms with Crippen LogP contribution in [0.4, 0.5) is 5.69 Å². The van der Waals surface area contributed by atoms with E-state index in [4.69, 9.17) is 5.73 Å². The zero-order chi connectivity index (χ0) is 18.6. The van der Waals surface area contributed by atoms with Gasteiger partial charge in [0.2, 0.25) is 5.91 Å². The lowest BCUT2D eigenvalue weighted by molar-refractivity contribution is -0.132. The van der Waals surface area contributed by atoms with Crippen LogP contribution in [0, 0.1) is 5.92 Å². The number of nitrogens with two attached hydrogens (primary N) is 1. The van der Waals surface area contributed by atoms with E-state index >= 15 is 0 Å². The molecule has 1 amide bonds. The number of carbonyl (C=O) groups excluding carboxylic acids is 1. The van der Waals surface area contributed by atoms with Gasteiger partial charge in [-0.1, -0.05) is 18.2 Å². The number of anilines is 1. The zero-order valence-corrected chi connectivity index (χ0v) is 16.9. The first-order chi connectivity index (χ1) is 13.2. The summed E-state index contributed by atoms with van der Waals surface area (Å²) in [6.45, 7) is 5.36. The molecule has 2 N–H and O–H groups in total. The van der Waals surface area contributed by atoms with Crippen molar-refractivity contribution in [3.63, 3.8) is 0 Å². The quantitative estimate of drug-likeness (QED) is 0.857. The molecule has 1 aromatic rings. The summed E-state index contributed by atoms with van der Waals surface area (Å²) in [6, 6.07) is 11.1. The Bertz CT molecular complexity index is 606. The Hall–Kier alpha value is -1.24. The zero-order valence-electron chi connectivity index (χ0n) is 16.1. The van der Waals surface area contributed by atoms with Crippen molar-refractivity contribution in [2.75, 3.05) is 49.3 Å². The summed E-state index contributed by atoms with van der Waals surface area (Å²) in [7, 11) is 0. The summed E-state index contributed by atoms with van der Waals surface area (Å²) in [5.41, 5.74) is 7.70. The fourth-order valence-corrected chi connectivity index (χ4v) is 5.77. The SMILES string of the molecule is N[C@H](C(=O)N1CCSC1)[C@H]1CC[C@H](N2CCN(c3ccccc3)CC2)CC1. The summed E-state index contributed by atoms with van der Waals surface area (Å²) in [4.78, 5) is 19.7. The Labute approximate surface area is 167 Å². The molecule has 0 radical (unpaired) electrons.